The number of hydrogen-bond acceptors (Lipinski definition) is 6. The fraction of sp³-hybridized carbons (Fsp3) is 0.333. The topological polar surface area (TPSA) is 116 Å². The van der Waals surface area contributed by atoms with Crippen molar-refractivity contribution < 1.29 is 19.1 Å². The lowest BCUT2D eigenvalue weighted by atomic mass is 10.1. The van der Waals surface area contributed by atoms with E-state index in [1.165, 1.54) is 7.11 Å². The number of rotatable bonds is 5. The van der Waals surface area contributed by atoms with Crippen molar-refractivity contribution in [2.24, 2.45) is 5.73 Å². The summed E-state index contributed by atoms with van der Waals surface area (Å²) < 4.78 is 6.37. The molecule has 0 fully saturated rings. The van der Waals surface area contributed by atoms with E-state index in [-0.39, 0.29) is 15.4 Å². The molecule has 0 bridgehead atoms. The number of nitrogens with two attached hydrogens (primary N) is 1. The number of aryl methyl sites for hydroxylation is 2. The first-order valence-electron chi connectivity index (χ1n) is 7.17. The van der Waals surface area contributed by atoms with Gasteiger partial charge >= 0.3 is 5.97 Å². The van der Waals surface area contributed by atoms with E-state index in [0.29, 0.717) is 23.4 Å². The van der Waals surface area contributed by atoms with Crippen LogP contribution in [-0.2, 0) is 11.3 Å². The van der Waals surface area contributed by atoms with E-state index < -0.39 is 17.8 Å². The normalized spacial score (nSPS) is 10.5. The van der Waals surface area contributed by atoms with E-state index in [1.807, 2.05) is 6.92 Å². The third kappa shape index (κ3) is 3.16. The zero-order valence-corrected chi connectivity index (χ0v) is 14.6. The third-order valence-corrected chi connectivity index (χ3v) is 4.72. The van der Waals surface area contributed by atoms with E-state index in [9.17, 15) is 14.4 Å². The zero-order chi connectivity index (χ0) is 18.0. The minimum atomic E-state index is -0.668. The molecule has 0 aliphatic carbocycles. The largest absolute Gasteiger partial charge is 0.465 e. The van der Waals surface area contributed by atoms with Gasteiger partial charge in [-0.05, 0) is 26.3 Å². The number of esters is 1. The monoisotopic (exact) mass is 350 g/mol. The van der Waals surface area contributed by atoms with Crippen LogP contribution in [0.25, 0.3) is 0 Å². The van der Waals surface area contributed by atoms with E-state index in [0.717, 1.165) is 11.3 Å². The first kappa shape index (κ1) is 17.7. The Balaban J connectivity index is 2.42. The second-order valence-corrected chi connectivity index (χ2v) is 6.07. The summed E-state index contributed by atoms with van der Waals surface area (Å²) >= 11 is 0.945. The standard InChI is InChI=1S/C15H18N4O4S/c1-5-19-6-9(8(3)18-19)13(21)17-14-10(15(22)23-4)7(2)11(24-14)12(16)20/h6H,5H2,1-4H3,(H2,16,20)(H,17,21). The second kappa shape index (κ2) is 6.83. The van der Waals surface area contributed by atoms with Crippen LogP contribution in [-0.4, -0.2) is 34.7 Å². The lowest BCUT2D eigenvalue weighted by molar-refractivity contribution is 0.0601. The van der Waals surface area contributed by atoms with Crippen molar-refractivity contribution in [3.8, 4) is 0 Å². The highest BCUT2D eigenvalue weighted by atomic mass is 32.1. The minimum absolute atomic E-state index is 0.130. The van der Waals surface area contributed by atoms with Gasteiger partial charge in [-0.15, -0.1) is 11.3 Å². The fourth-order valence-electron chi connectivity index (χ4n) is 2.26. The molecule has 0 saturated heterocycles. The molecule has 0 aliphatic heterocycles. The van der Waals surface area contributed by atoms with Crippen molar-refractivity contribution in [3.05, 3.63) is 33.5 Å². The Hall–Kier alpha value is -2.68. The molecule has 24 heavy (non-hydrogen) atoms. The molecule has 128 valence electrons. The average Bonchev–Trinajstić information content (AvgIpc) is 3.07. The first-order valence-corrected chi connectivity index (χ1v) is 7.98. The predicted octanol–water partition coefficient (Wildman–Crippen LogP) is 1.72. The van der Waals surface area contributed by atoms with Crippen LogP contribution in [0.15, 0.2) is 6.20 Å². The van der Waals surface area contributed by atoms with Crippen LogP contribution < -0.4 is 11.1 Å². The Morgan fingerprint density at radius 2 is 2.04 bits per heavy atom. The van der Waals surface area contributed by atoms with E-state index in [1.54, 1.807) is 24.7 Å². The van der Waals surface area contributed by atoms with Gasteiger partial charge in [-0.1, -0.05) is 0 Å². The maximum atomic E-state index is 12.5. The number of amides is 2. The fourth-order valence-corrected chi connectivity index (χ4v) is 3.30. The number of carbonyl (C=O) groups is 3. The lowest BCUT2D eigenvalue weighted by Gasteiger charge is -2.05. The zero-order valence-electron chi connectivity index (χ0n) is 13.8. The number of methoxy groups -OCH3 is 1. The summed E-state index contributed by atoms with van der Waals surface area (Å²) in [7, 11) is 1.23. The van der Waals surface area contributed by atoms with Crippen molar-refractivity contribution >= 4 is 34.1 Å². The minimum Gasteiger partial charge on any atom is -0.465 e. The summed E-state index contributed by atoms with van der Waals surface area (Å²) in [6, 6.07) is 0. The van der Waals surface area contributed by atoms with Gasteiger partial charge < -0.3 is 15.8 Å². The molecule has 0 atom stereocenters. The van der Waals surface area contributed by atoms with Gasteiger partial charge in [0.05, 0.1) is 28.8 Å². The van der Waals surface area contributed by atoms with Gasteiger partial charge in [0.2, 0.25) is 0 Å². The molecule has 2 aromatic heterocycles. The van der Waals surface area contributed by atoms with Crippen LogP contribution in [0.3, 0.4) is 0 Å². The maximum Gasteiger partial charge on any atom is 0.341 e. The van der Waals surface area contributed by atoms with Crippen LogP contribution in [0, 0.1) is 13.8 Å². The Labute approximate surface area is 142 Å². The highest BCUT2D eigenvalue weighted by Crippen LogP contribution is 2.33. The molecule has 9 heteroatoms. The molecule has 0 aromatic carbocycles. The lowest BCUT2D eigenvalue weighted by Crippen LogP contribution is -2.15. The van der Waals surface area contributed by atoms with E-state index in [4.69, 9.17) is 10.5 Å². The Morgan fingerprint density at radius 1 is 1.38 bits per heavy atom. The molecule has 0 spiro atoms. The van der Waals surface area contributed by atoms with Crippen molar-refractivity contribution in [1.82, 2.24) is 9.78 Å². The van der Waals surface area contributed by atoms with Gasteiger partial charge in [0.1, 0.15) is 5.00 Å². The number of anilines is 1. The molecular weight excluding hydrogens is 332 g/mol. The molecular formula is C15H18N4O4S. The van der Waals surface area contributed by atoms with Crippen molar-refractivity contribution in [1.29, 1.82) is 0 Å². The summed E-state index contributed by atoms with van der Waals surface area (Å²) in [6.45, 7) is 5.84. The summed E-state index contributed by atoms with van der Waals surface area (Å²) in [4.78, 5) is 36.2. The summed E-state index contributed by atoms with van der Waals surface area (Å²) in [5, 5.41) is 7.09. The van der Waals surface area contributed by atoms with Crippen molar-refractivity contribution in [2.45, 2.75) is 27.3 Å². The quantitative estimate of drug-likeness (QED) is 0.796. The van der Waals surface area contributed by atoms with Gasteiger partial charge in [0.15, 0.2) is 0 Å². The first-order chi connectivity index (χ1) is 11.3. The van der Waals surface area contributed by atoms with Crippen LogP contribution in [0.1, 0.15) is 48.6 Å². The Kier molecular flexibility index (Phi) is 5.03. The van der Waals surface area contributed by atoms with Gasteiger partial charge in [-0.3, -0.25) is 14.3 Å². The molecule has 2 amide bonds. The maximum absolute atomic E-state index is 12.5. The number of nitrogens with one attached hydrogen (secondary N) is 1. The van der Waals surface area contributed by atoms with Crippen molar-refractivity contribution in [3.63, 3.8) is 0 Å². The number of thiophene rings is 1. The molecule has 2 rings (SSSR count). The summed E-state index contributed by atoms with van der Waals surface area (Å²) in [5.41, 5.74) is 6.79. The Bertz CT molecular complexity index is 822. The third-order valence-electron chi connectivity index (χ3n) is 3.50. The van der Waals surface area contributed by atoms with Crippen LogP contribution in [0.4, 0.5) is 5.00 Å². The molecule has 8 nitrogen and oxygen atoms in total. The van der Waals surface area contributed by atoms with Gasteiger partial charge in [0, 0.05) is 12.7 Å². The van der Waals surface area contributed by atoms with Crippen LogP contribution in [0.2, 0.25) is 0 Å². The molecule has 0 radical (unpaired) electrons. The predicted molar refractivity (Wildman–Crippen MR) is 89.5 cm³/mol. The number of hydrogen-bond donors (Lipinski definition) is 2. The number of aromatic nitrogens is 2. The summed E-state index contributed by atoms with van der Waals surface area (Å²) in [5.74, 6) is -1.74. The number of ether oxygens (including phenoxy) is 1. The number of carbonyl (C=O) groups excluding carboxylic acids is 3. The van der Waals surface area contributed by atoms with Gasteiger partial charge in [-0.25, -0.2) is 4.79 Å². The van der Waals surface area contributed by atoms with Crippen molar-refractivity contribution in [2.75, 3.05) is 12.4 Å². The van der Waals surface area contributed by atoms with Crippen LogP contribution >= 0.6 is 11.3 Å². The Morgan fingerprint density at radius 3 is 2.54 bits per heavy atom. The molecule has 3 N–H and O–H groups in total. The molecule has 0 unspecified atom stereocenters. The molecule has 0 aliphatic rings. The molecule has 0 saturated carbocycles. The SMILES string of the molecule is CCn1cc(C(=O)Nc2sc(C(N)=O)c(C)c2C(=O)OC)c(C)n1. The van der Waals surface area contributed by atoms with E-state index >= 15 is 0 Å². The van der Waals surface area contributed by atoms with E-state index in [2.05, 4.69) is 10.4 Å². The number of primary amides is 1. The highest BCUT2D eigenvalue weighted by Gasteiger charge is 2.26. The molecule has 2 heterocycles. The van der Waals surface area contributed by atoms with Crippen LogP contribution in [0.5, 0.6) is 0 Å². The average molecular weight is 350 g/mol. The summed E-state index contributed by atoms with van der Waals surface area (Å²) in [6.07, 6.45) is 1.62. The molecule has 2 aromatic rings. The highest BCUT2D eigenvalue weighted by molar-refractivity contribution is 7.18. The second-order valence-electron chi connectivity index (χ2n) is 5.05. The van der Waals surface area contributed by atoms with Gasteiger partial charge in [-0.2, -0.15) is 5.10 Å². The van der Waals surface area contributed by atoms with Gasteiger partial charge in [0.25, 0.3) is 11.8 Å². The number of nitrogens with zero attached hydrogens (tertiary/aromatic N) is 2. The smallest absolute Gasteiger partial charge is 0.341 e.